The van der Waals surface area contributed by atoms with Crippen LogP contribution in [-0.2, 0) is 11.3 Å². The monoisotopic (exact) mass is 279 g/mol. The van der Waals surface area contributed by atoms with Crippen LogP contribution in [0.4, 0.5) is 5.69 Å². The topological polar surface area (TPSA) is 102 Å². The number of nitrogens with one attached hydrogen (secondary N) is 1. The van der Waals surface area contributed by atoms with Gasteiger partial charge in [0.05, 0.1) is 4.92 Å². The summed E-state index contributed by atoms with van der Waals surface area (Å²) >= 11 is 0. The number of hydrazone groups is 1. The third-order valence-corrected chi connectivity index (χ3v) is 3.26. The smallest absolute Gasteiger partial charge is 0.271 e. The molecular formula is C12H17N5O3. The lowest BCUT2D eigenvalue weighted by atomic mass is 9.90. The van der Waals surface area contributed by atoms with Crippen molar-refractivity contribution in [3.05, 3.63) is 22.5 Å². The summed E-state index contributed by atoms with van der Waals surface area (Å²) < 4.78 is 1.21. The van der Waals surface area contributed by atoms with Crippen molar-refractivity contribution in [2.45, 2.75) is 38.6 Å². The molecule has 1 amide bonds. The van der Waals surface area contributed by atoms with Crippen molar-refractivity contribution < 1.29 is 9.72 Å². The number of aromatic nitrogens is 2. The second kappa shape index (κ2) is 6.78. The normalized spacial score (nSPS) is 16.4. The van der Waals surface area contributed by atoms with Crippen LogP contribution in [0.5, 0.6) is 0 Å². The molecule has 0 aliphatic heterocycles. The van der Waals surface area contributed by atoms with E-state index in [-0.39, 0.29) is 18.1 Å². The Labute approximate surface area is 116 Å². The SMILES string of the molecule is O=C(Cn1cc([N+](=O)[O-])cn1)N/N=C/C1CCCCC1. The Hall–Kier alpha value is -2.25. The molecule has 1 aromatic heterocycles. The molecule has 0 unspecified atom stereocenters. The van der Waals surface area contributed by atoms with Gasteiger partial charge in [0.2, 0.25) is 0 Å². The van der Waals surface area contributed by atoms with Crippen LogP contribution in [0.2, 0.25) is 0 Å². The Morgan fingerprint density at radius 1 is 1.55 bits per heavy atom. The average molecular weight is 279 g/mol. The van der Waals surface area contributed by atoms with Gasteiger partial charge in [-0.2, -0.15) is 10.2 Å². The van der Waals surface area contributed by atoms with Gasteiger partial charge in [0.1, 0.15) is 18.9 Å². The molecule has 1 fully saturated rings. The van der Waals surface area contributed by atoms with Gasteiger partial charge in [0.25, 0.3) is 5.91 Å². The van der Waals surface area contributed by atoms with Crippen LogP contribution in [-0.4, -0.2) is 26.8 Å². The van der Waals surface area contributed by atoms with Gasteiger partial charge in [-0.3, -0.25) is 19.6 Å². The first-order chi connectivity index (χ1) is 9.65. The van der Waals surface area contributed by atoms with Crippen LogP contribution in [0, 0.1) is 16.0 Å². The summed E-state index contributed by atoms with van der Waals surface area (Å²) in [5, 5.41) is 18.1. The van der Waals surface area contributed by atoms with Crippen LogP contribution in [0.25, 0.3) is 0 Å². The first-order valence-corrected chi connectivity index (χ1v) is 6.64. The summed E-state index contributed by atoms with van der Waals surface area (Å²) in [6.45, 7) is -0.0875. The maximum Gasteiger partial charge on any atom is 0.307 e. The standard InChI is InChI=1S/C12H17N5O3/c18-12(9-16-8-11(7-14-16)17(19)20)15-13-6-10-4-2-1-3-5-10/h6-8,10H,1-5,9H2,(H,15,18)/b13-6+. The van der Waals surface area contributed by atoms with E-state index in [4.69, 9.17) is 0 Å². The fourth-order valence-corrected chi connectivity index (χ4v) is 2.21. The predicted octanol–water partition coefficient (Wildman–Crippen LogP) is 1.47. The van der Waals surface area contributed by atoms with Gasteiger partial charge in [-0.25, -0.2) is 5.43 Å². The van der Waals surface area contributed by atoms with E-state index < -0.39 is 4.92 Å². The number of nitro groups is 1. The first-order valence-electron chi connectivity index (χ1n) is 6.64. The molecule has 8 nitrogen and oxygen atoms in total. The maximum absolute atomic E-state index is 11.6. The molecular weight excluding hydrogens is 262 g/mol. The lowest BCUT2D eigenvalue weighted by Gasteiger charge is -2.16. The molecule has 1 saturated carbocycles. The number of amides is 1. The summed E-state index contributed by atoms with van der Waals surface area (Å²) in [4.78, 5) is 21.5. The molecule has 0 spiro atoms. The number of hydrogen-bond donors (Lipinski definition) is 1. The van der Waals surface area contributed by atoms with E-state index in [2.05, 4.69) is 15.6 Å². The Bertz CT molecular complexity index is 505. The number of hydrogen-bond acceptors (Lipinski definition) is 5. The largest absolute Gasteiger partial charge is 0.307 e. The molecule has 20 heavy (non-hydrogen) atoms. The molecule has 1 heterocycles. The molecule has 0 radical (unpaired) electrons. The Balaban J connectivity index is 1.76. The third-order valence-electron chi connectivity index (χ3n) is 3.26. The Morgan fingerprint density at radius 3 is 2.95 bits per heavy atom. The second-order valence-corrected chi connectivity index (χ2v) is 4.86. The average Bonchev–Trinajstić information content (AvgIpc) is 2.88. The molecule has 0 saturated heterocycles. The first kappa shape index (κ1) is 14.2. The molecule has 2 rings (SSSR count). The van der Waals surface area contributed by atoms with Crippen molar-refractivity contribution in [3.63, 3.8) is 0 Å². The highest BCUT2D eigenvalue weighted by Gasteiger charge is 2.12. The van der Waals surface area contributed by atoms with Crippen LogP contribution in [0.15, 0.2) is 17.5 Å². The maximum atomic E-state index is 11.6. The van der Waals surface area contributed by atoms with Gasteiger partial charge < -0.3 is 0 Å². The quantitative estimate of drug-likeness (QED) is 0.501. The van der Waals surface area contributed by atoms with Crippen molar-refractivity contribution >= 4 is 17.8 Å². The van der Waals surface area contributed by atoms with E-state index in [0.29, 0.717) is 5.92 Å². The number of carbonyl (C=O) groups is 1. The summed E-state index contributed by atoms with van der Waals surface area (Å²) in [6, 6.07) is 0. The van der Waals surface area contributed by atoms with Crippen LogP contribution < -0.4 is 5.43 Å². The van der Waals surface area contributed by atoms with Crippen molar-refractivity contribution in [1.29, 1.82) is 0 Å². The molecule has 0 bridgehead atoms. The van der Waals surface area contributed by atoms with E-state index in [1.807, 2.05) is 0 Å². The minimum atomic E-state index is -0.553. The van der Waals surface area contributed by atoms with Gasteiger partial charge in [0.15, 0.2) is 0 Å². The lowest BCUT2D eigenvalue weighted by molar-refractivity contribution is -0.385. The molecule has 108 valence electrons. The number of carbonyl (C=O) groups excluding carboxylic acids is 1. The highest BCUT2D eigenvalue weighted by atomic mass is 16.6. The van der Waals surface area contributed by atoms with Gasteiger partial charge in [0, 0.05) is 6.21 Å². The van der Waals surface area contributed by atoms with Gasteiger partial charge in [-0.05, 0) is 18.8 Å². The zero-order valence-electron chi connectivity index (χ0n) is 11.1. The summed E-state index contributed by atoms with van der Waals surface area (Å²) in [5.41, 5.74) is 2.28. The number of rotatable bonds is 5. The van der Waals surface area contributed by atoms with Crippen molar-refractivity contribution in [2.75, 3.05) is 0 Å². The zero-order valence-corrected chi connectivity index (χ0v) is 11.1. The minimum absolute atomic E-state index is 0.0875. The second-order valence-electron chi connectivity index (χ2n) is 4.86. The fourth-order valence-electron chi connectivity index (χ4n) is 2.21. The highest BCUT2D eigenvalue weighted by molar-refractivity contribution is 5.76. The van der Waals surface area contributed by atoms with E-state index in [1.54, 1.807) is 6.21 Å². The van der Waals surface area contributed by atoms with Crippen LogP contribution in [0.3, 0.4) is 0 Å². The molecule has 0 atom stereocenters. The Kier molecular flexibility index (Phi) is 4.80. The van der Waals surface area contributed by atoms with Crippen LogP contribution >= 0.6 is 0 Å². The molecule has 1 aliphatic rings. The van der Waals surface area contributed by atoms with Crippen LogP contribution in [0.1, 0.15) is 32.1 Å². The van der Waals surface area contributed by atoms with Crippen molar-refractivity contribution in [1.82, 2.24) is 15.2 Å². The summed E-state index contributed by atoms with van der Waals surface area (Å²) in [5.74, 6) is 0.0879. The van der Waals surface area contributed by atoms with Crippen molar-refractivity contribution in [2.24, 2.45) is 11.0 Å². The minimum Gasteiger partial charge on any atom is -0.271 e. The van der Waals surface area contributed by atoms with Gasteiger partial charge >= 0.3 is 5.69 Å². The lowest BCUT2D eigenvalue weighted by Crippen LogP contribution is -2.24. The van der Waals surface area contributed by atoms with E-state index >= 15 is 0 Å². The number of nitrogens with zero attached hydrogens (tertiary/aromatic N) is 4. The molecule has 1 aliphatic carbocycles. The summed E-state index contributed by atoms with van der Waals surface area (Å²) in [6.07, 6.45) is 10.0. The molecule has 0 aromatic carbocycles. The summed E-state index contributed by atoms with van der Waals surface area (Å²) in [7, 11) is 0. The van der Waals surface area contributed by atoms with E-state index in [1.165, 1.54) is 30.1 Å². The van der Waals surface area contributed by atoms with E-state index in [9.17, 15) is 14.9 Å². The van der Waals surface area contributed by atoms with Gasteiger partial charge in [-0.1, -0.05) is 19.3 Å². The zero-order chi connectivity index (χ0) is 14.4. The Morgan fingerprint density at radius 2 is 2.30 bits per heavy atom. The van der Waals surface area contributed by atoms with Crippen molar-refractivity contribution in [3.8, 4) is 0 Å². The third kappa shape index (κ3) is 4.15. The molecule has 1 aromatic rings. The predicted molar refractivity (Wildman–Crippen MR) is 72.1 cm³/mol. The van der Waals surface area contributed by atoms with E-state index in [0.717, 1.165) is 19.0 Å². The fraction of sp³-hybridized carbons (Fsp3) is 0.583. The molecule has 1 N–H and O–H groups in total. The van der Waals surface area contributed by atoms with Gasteiger partial charge in [-0.15, -0.1) is 0 Å². The highest BCUT2D eigenvalue weighted by Crippen LogP contribution is 2.21. The molecule has 8 heteroatoms.